The summed E-state index contributed by atoms with van der Waals surface area (Å²) in [6, 6.07) is 17.1. The molecule has 0 amide bonds. The van der Waals surface area contributed by atoms with Gasteiger partial charge in [0, 0.05) is 11.3 Å². The minimum atomic E-state index is -0.468. The Morgan fingerprint density at radius 3 is 2.57 bits per heavy atom. The highest BCUT2D eigenvalue weighted by Gasteiger charge is 2.17. The molecule has 0 unspecified atom stereocenters. The Morgan fingerprint density at radius 1 is 1.14 bits per heavy atom. The van der Waals surface area contributed by atoms with Gasteiger partial charge in [-0.05, 0) is 41.8 Å². The van der Waals surface area contributed by atoms with Crippen LogP contribution in [0.15, 0.2) is 54.6 Å². The fraction of sp³-hybridized carbons (Fsp3) is 0.273. The molecule has 1 heterocycles. The molecule has 0 fully saturated rings. The maximum atomic E-state index is 12.0. The quantitative estimate of drug-likeness (QED) is 0.496. The van der Waals surface area contributed by atoms with Crippen LogP contribution in [0.5, 0.6) is 5.75 Å². The average Bonchev–Trinajstić information content (AvgIpc) is 3.11. The Bertz CT molecular complexity index is 946. The lowest BCUT2D eigenvalue weighted by Gasteiger charge is -2.11. The maximum absolute atomic E-state index is 12.0. The van der Waals surface area contributed by atoms with Gasteiger partial charge in [-0.2, -0.15) is 5.10 Å². The van der Waals surface area contributed by atoms with Crippen molar-refractivity contribution in [2.75, 3.05) is 19.5 Å². The summed E-state index contributed by atoms with van der Waals surface area (Å²) in [5, 5.41) is 4.45. The minimum Gasteiger partial charge on any atom is -0.493 e. The molecule has 0 atom stereocenters. The summed E-state index contributed by atoms with van der Waals surface area (Å²) in [4.78, 5) is 12.0. The summed E-state index contributed by atoms with van der Waals surface area (Å²) in [5.41, 5.74) is 9.50. The lowest BCUT2D eigenvalue weighted by atomic mass is 10.1. The molecule has 6 nitrogen and oxygen atoms in total. The summed E-state index contributed by atoms with van der Waals surface area (Å²) in [6.45, 7) is 5.35. The first kappa shape index (κ1) is 19.5. The van der Waals surface area contributed by atoms with Crippen LogP contribution < -0.4 is 10.5 Å². The van der Waals surface area contributed by atoms with Crippen molar-refractivity contribution in [1.82, 2.24) is 9.78 Å². The van der Waals surface area contributed by atoms with Gasteiger partial charge >= 0.3 is 5.97 Å². The molecule has 0 aliphatic heterocycles. The third-order valence-electron chi connectivity index (χ3n) is 4.20. The molecule has 0 radical (unpaired) electrons. The van der Waals surface area contributed by atoms with Gasteiger partial charge in [-0.1, -0.05) is 38.1 Å². The molecule has 6 heteroatoms. The van der Waals surface area contributed by atoms with E-state index in [1.807, 2.05) is 48.5 Å². The third kappa shape index (κ3) is 4.71. The second-order valence-corrected chi connectivity index (χ2v) is 7.04. The first-order valence-corrected chi connectivity index (χ1v) is 9.20. The van der Waals surface area contributed by atoms with Gasteiger partial charge in [-0.25, -0.2) is 4.79 Å². The second kappa shape index (κ2) is 8.61. The van der Waals surface area contributed by atoms with Crippen molar-refractivity contribution >= 4 is 11.7 Å². The van der Waals surface area contributed by atoms with Gasteiger partial charge in [-0.15, -0.1) is 0 Å². The first-order chi connectivity index (χ1) is 13.5. The number of hydrogen-bond acceptors (Lipinski definition) is 5. The van der Waals surface area contributed by atoms with Gasteiger partial charge in [0.1, 0.15) is 5.75 Å². The van der Waals surface area contributed by atoms with Gasteiger partial charge in [0.15, 0.2) is 5.69 Å². The van der Waals surface area contributed by atoms with Crippen LogP contribution in [0.2, 0.25) is 0 Å². The van der Waals surface area contributed by atoms with Crippen LogP contribution in [0, 0.1) is 5.92 Å². The highest BCUT2D eigenvalue weighted by molar-refractivity contribution is 5.88. The Kier molecular flexibility index (Phi) is 5.99. The van der Waals surface area contributed by atoms with E-state index in [0.29, 0.717) is 24.8 Å². The number of carbonyl (C=O) groups is 1. The lowest BCUT2D eigenvalue weighted by molar-refractivity contribution is 0.0593. The van der Waals surface area contributed by atoms with E-state index < -0.39 is 5.97 Å². The Balaban J connectivity index is 1.96. The zero-order chi connectivity index (χ0) is 20.1. The van der Waals surface area contributed by atoms with E-state index in [9.17, 15) is 4.79 Å². The summed E-state index contributed by atoms with van der Waals surface area (Å²) in [5.74, 6) is 0.751. The molecule has 0 aliphatic rings. The zero-order valence-corrected chi connectivity index (χ0v) is 16.4. The second-order valence-electron chi connectivity index (χ2n) is 7.04. The summed E-state index contributed by atoms with van der Waals surface area (Å²) < 4.78 is 12.5. The summed E-state index contributed by atoms with van der Waals surface area (Å²) in [6.07, 6.45) is 0. The fourth-order valence-corrected chi connectivity index (χ4v) is 2.78. The SMILES string of the molecule is COC(=O)c1cc(-c2cccc(OCC(C)C)c2)n(Cc2ccc(N)cc2)n1. The molecular formula is C22H25N3O3. The lowest BCUT2D eigenvalue weighted by Crippen LogP contribution is -2.07. The smallest absolute Gasteiger partial charge is 0.358 e. The summed E-state index contributed by atoms with van der Waals surface area (Å²) >= 11 is 0. The zero-order valence-electron chi connectivity index (χ0n) is 16.4. The van der Waals surface area contributed by atoms with Crippen LogP contribution in [-0.2, 0) is 11.3 Å². The molecular weight excluding hydrogens is 354 g/mol. The van der Waals surface area contributed by atoms with Crippen molar-refractivity contribution in [1.29, 1.82) is 0 Å². The van der Waals surface area contributed by atoms with Crippen LogP contribution in [0.3, 0.4) is 0 Å². The van der Waals surface area contributed by atoms with E-state index in [0.717, 1.165) is 22.6 Å². The van der Waals surface area contributed by atoms with E-state index in [1.165, 1.54) is 7.11 Å². The third-order valence-corrected chi connectivity index (χ3v) is 4.20. The number of ether oxygens (including phenoxy) is 2. The first-order valence-electron chi connectivity index (χ1n) is 9.20. The van der Waals surface area contributed by atoms with Crippen molar-refractivity contribution in [3.63, 3.8) is 0 Å². The number of rotatable bonds is 7. The number of anilines is 1. The minimum absolute atomic E-state index is 0.265. The normalized spacial score (nSPS) is 10.9. The molecule has 0 spiro atoms. The van der Waals surface area contributed by atoms with Gasteiger partial charge in [0.2, 0.25) is 0 Å². The van der Waals surface area contributed by atoms with Crippen LogP contribution in [0.1, 0.15) is 29.9 Å². The highest BCUT2D eigenvalue weighted by Crippen LogP contribution is 2.26. The standard InChI is InChI=1S/C22H25N3O3/c1-15(2)14-28-19-6-4-5-17(11-19)21-12-20(22(26)27-3)24-25(21)13-16-7-9-18(23)10-8-16/h4-12,15H,13-14,23H2,1-3H3. The predicted molar refractivity (Wildman–Crippen MR) is 109 cm³/mol. The number of hydrogen-bond donors (Lipinski definition) is 1. The van der Waals surface area contributed by atoms with Gasteiger partial charge in [-0.3, -0.25) is 4.68 Å². The number of esters is 1. The van der Waals surface area contributed by atoms with Gasteiger partial charge in [0.25, 0.3) is 0 Å². The van der Waals surface area contributed by atoms with Crippen LogP contribution in [0.25, 0.3) is 11.3 Å². The van der Waals surface area contributed by atoms with E-state index in [-0.39, 0.29) is 5.69 Å². The molecule has 2 aromatic carbocycles. The van der Waals surface area contributed by atoms with E-state index in [2.05, 4.69) is 18.9 Å². The molecule has 0 saturated heterocycles. The van der Waals surface area contributed by atoms with Crippen LogP contribution in [0.4, 0.5) is 5.69 Å². The number of nitrogen functional groups attached to an aromatic ring is 1. The monoisotopic (exact) mass is 379 g/mol. The maximum Gasteiger partial charge on any atom is 0.358 e. The van der Waals surface area contributed by atoms with Crippen molar-refractivity contribution in [3.05, 3.63) is 65.9 Å². The molecule has 146 valence electrons. The van der Waals surface area contributed by atoms with Crippen LogP contribution in [-0.4, -0.2) is 29.5 Å². The van der Waals surface area contributed by atoms with E-state index in [4.69, 9.17) is 15.2 Å². The molecule has 0 saturated carbocycles. The van der Waals surface area contributed by atoms with Crippen molar-refractivity contribution < 1.29 is 14.3 Å². The van der Waals surface area contributed by atoms with E-state index in [1.54, 1.807) is 10.7 Å². The predicted octanol–water partition coefficient (Wildman–Crippen LogP) is 4.00. The molecule has 3 rings (SSSR count). The molecule has 1 aromatic heterocycles. The summed E-state index contributed by atoms with van der Waals surface area (Å²) in [7, 11) is 1.35. The number of methoxy groups -OCH3 is 1. The number of benzene rings is 2. The molecule has 3 aromatic rings. The Labute approximate surface area is 164 Å². The number of nitrogens with zero attached hydrogens (tertiary/aromatic N) is 2. The molecule has 28 heavy (non-hydrogen) atoms. The van der Waals surface area contributed by atoms with Crippen LogP contribution >= 0.6 is 0 Å². The van der Waals surface area contributed by atoms with E-state index >= 15 is 0 Å². The fourth-order valence-electron chi connectivity index (χ4n) is 2.78. The van der Waals surface area contributed by atoms with Crippen molar-refractivity contribution in [3.8, 4) is 17.0 Å². The highest BCUT2D eigenvalue weighted by atomic mass is 16.5. The topological polar surface area (TPSA) is 79.4 Å². The van der Waals surface area contributed by atoms with Gasteiger partial charge in [0.05, 0.1) is 26.0 Å². The molecule has 2 N–H and O–H groups in total. The number of nitrogens with two attached hydrogens (primary N) is 1. The largest absolute Gasteiger partial charge is 0.493 e. The van der Waals surface area contributed by atoms with Crippen molar-refractivity contribution in [2.45, 2.75) is 20.4 Å². The average molecular weight is 379 g/mol. The molecule has 0 aliphatic carbocycles. The number of aromatic nitrogens is 2. The Morgan fingerprint density at radius 2 is 1.89 bits per heavy atom. The number of carbonyl (C=O) groups excluding carboxylic acids is 1. The van der Waals surface area contributed by atoms with Gasteiger partial charge < -0.3 is 15.2 Å². The van der Waals surface area contributed by atoms with Crippen molar-refractivity contribution in [2.24, 2.45) is 5.92 Å². The Hall–Kier alpha value is -3.28. The molecule has 0 bridgehead atoms.